The highest BCUT2D eigenvalue weighted by Crippen LogP contribution is 2.13. The van der Waals surface area contributed by atoms with Crippen molar-refractivity contribution in [1.82, 2.24) is 10.6 Å². The van der Waals surface area contributed by atoms with E-state index in [1.165, 1.54) is 16.6 Å². The van der Waals surface area contributed by atoms with Gasteiger partial charge in [0.05, 0.1) is 11.8 Å². The molecule has 2 rings (SSSR count). The quantitative estimate of drug-likeness (QED) is 0.471. The van der Waals surface area contributed by atoms with Gasteiger partial charge in [-0.2, -0.15) is 11.8 Å². The van der Waals surface area contributed by atoms with E-state index in [2.05, 4.69) is 30.5 Å². The van der Waals surface area contributed by atoms with Gasteiger partial charge < -0.3 is 15.4 Å². The van der Waals surface area contributed by atoms with E-state index in [0.29, 0.717) is 24.6 Å². The standard InChI is InChI=1S/C23H32N2O3S2/c1-17(2)12-19(25-23(27)28-15-18-8-5-4-6-9-18)14-24-21(22(26)16-29-3)13-20-10-7-11-30-20/h4-11,17,19,21,24H,12-16H2,1-3H3,(H,25,27). The molecule has 0 aliphatic rings. The number of hydrogen-bond donors (Lipinski definition) is 2. The normalized spacial score (nSPS) is 13.1. The molecule has 0 fully saturated rings. The van der Waals surface area contributed by atoms with E-state index in [4.69, 9.17) is 4.74 Å². The second-order valence-electron chi connectivity index (χ2n) is 7.68. The van der Waals surface area contributed by atoms with Gasteiger partial charge in [-0.05, 0) is 35.6 Å². The van der Waals surface area contributed by atoms with Crippen molar-refractivity contribution in [3.05, 3.63) is 58.3 Å². The number of thioether (sulfide) groups is 1. The minimum absolute atomic E-state index is 0.110. The van der Waals surface area contributed by atoms with Crippen LogP contribution in [0.2, 0.25) is 0 Å². The van der Waals surface area contributed by atoms with Crippen LogP contribution in [0.15, 0.2) is 47.8 Å². The molecule has 2 aromatic rings. The molecule has 0 spiro atoms. The first-order chi connectivity index (χ1) is 14.5. The van der Waals surface area contributed by atoms with Crippen molar-refractivity contribution in [3.8, 4) is 0 Å². The lowest BCUT2D eigenvalue weighted by Crippen LogP contribution is -2.48. The van der Waals surface area contributed by atoms with Gasteiger partial charge in [0.15, 0.2) is 5.78 Å². The van der Waals surface area contributed by atoms with E-state index >= 15 is 0 Å². The first-order valence-corrected chi connectivity index (χ1v) is 12.5. The SMILES string of the molecule is CSCC(=O)C(Cc1cccs1)NCC(CC(C)C)NC(=O)OCc1ccccc1. The summed E-state index contributed by atoms with van der Waals surface area (Å²) in [5.41, 5.74) is 0.949. The summed E-state index contributed by atoms with van der Waals surface area (Å²) in [7, 11) is 0. The molecule has 2 atom stereocenters. The molecule has 0 aliphatic carbocycles. The number of thiophene rings is 1. The maximum absolute atomic E-state index is 12.6. The molecule has 164 valence electrons. The van der Waals surface area contributed by atoms with Crippen molar-refractivity contribution in [3.63, 3.8) is 0 Å². The summed E-state index contributed by atoms with van der Waals surface area (Å²) in [4.78, 5) is 26.1. The summed E-state index contributed by atoms with van der Waals surface area (Å²) in [5, 5.41) is 8.39. The molecule has 1 heterocycles. The number of nitrogens with one attached hydrogen (secondary N) is 2. The van der Waals surface area contributed by atoms with Gasteiger partial charge in [-0.3, -0.25) is 4.79 Å². The third kappa shape index (κ3) is 9.32. The van der Waals surface area contributed by atoms with Crippen molar-refractivity contribution in [1.29, 1.82) is 0 Å². The topological polar surface area (TPSA) is 67.4 Å². The van der Waals surface area contributed by atoms with Gasteiger partial charge in [0.1, 0.15) is 6.61 Å². The second-order valence-corrected chi connectivity index (χ2v) is 9.57. The fourth-order valence-electron chi connectivity index (χ4n) is 3.15. The van der Waals surface area contributed by atoms with Gasteiger partial charge in [0, 0.05) is 23.9 Å². The van der Waals surface area contributed by atoms with E-state index < -0.39 is 6.09 Å². The first kappa shape index (κ1) is 24.4. The Morgan fingerprint density at radius 3 is 2.53 bits per heavy atom. The molecule has 5 nitrogen and oxygen atoms in total. The minimum Gasteiger partial charge on any atom is -0.445 e. The highest BCUT2D eigenvalue weighted by molar-refractivity contribution is 7.99. The third-order valence-electron chi connectivity index (χ3n) is 4.56. The zero-order chi connectivity index (χ0) is 21.8. The Balaban J connectivity index is 1.91. The number of ether oxygens (including phenoxy) is 1. The smallest absolute Gasteiger partial charge is 0.407 e. The van der Waals surface area contributed by atoms with Crippen molar-refractivity contribution < 1.29 is 14.3 Å². The molecule has 0 saturated heterocycles. The summed E-state index contributed by atoms with van der Waals surface area (Å²) >= 11 is 3.19. The molecule has 2 N–H and O–H groups in total. The number of rotatable bonds is 13. The number of ketones is 1. The Bertz CT molecular complexity index is 751. The Morgan fingerprint density at radius 2 is 1.90 bits per heavy atom. The van der Waals surface area contributed by atoms with Crippen LogP contribution < -0.4 is 10.6 Å². The Kier molecular flexibility index (Phi) is 11.0. The van der Waals surface area contributed by atoms with Crippen LogP contribution in [0.1, 0.15) is 30.7 Å². The molecule has 0 radical (unpaired) electrons. The van der Waals surface area contributed by atoms with Crippen LogP contribution in [-0.4, -0.2) is 42.5 Å². The van der Waals surface area contributed by atoms with E-state index in [9.17, 15) is 9.59 Å². The van der Waals surface area contributed by atoms with Gasteiger partial charge >= 0.3 is 6.09 Å². The average molecular weight is 449 g/mol. The average Bonchev–Trinajstić information content (AvgIpc) is 3.23. The van der Waals surface area contributed by atoms with Gasteiger partial charge in [-0.25, -0.2) is 4.79 Å². The first-order valence-electron chi connectivity index (χ1n) is 10.2. The number of amides is 1. The van der Waals surface area contributed by atoms with E-state index in [0.717, 1.165) is 12.0 Å². The van der Waals surface area contributed by atoms with Crippen LogP contribution in [0.5, 0.6) is 0 Å². The van der Waals surface area contributed by atoms with Crippen LogP contribution >= 0.6 is 23.1 Å². The molecule has 0 saturated carbocycles. The van der Waals surface area contributed by atoms with Crippen LogP contribution in [0, 0.1) is 5.92 Å². The Morgan fingerprint density at radius 1 is 1.13 bits per heavy atom. The maximum Gasteiger partial charge on any atom is 0.407 e. The van der Waals surface area contributed by atoms with Crippen LogP contribution in [-0.2, 0) is 22.6 Å². The number of Topliss-reactive ketones (excluding diaryl/α,β-unsaturated/α-hetero) is 1. The summed E-state index contributed by atoms with van der Waals surface area (Å²) in [6.07, 6.45) is 2.97. The van der Waals surface area contributed by atoms with E-state index in [1.807, 2.05) is 48.0 Å². The molecule has 0 aliphatic heterocycles. The summed E-state index contributed by atoms with van der Waals surface area (Å²) in [5.74, 6) is 1.07. The van der Waals surface area contributed by atoms with Crippen LogP contribution in [0.4, 0.5) is 4.79 Å². The highest BCUT2D eigenvalue weighted by Gasteiger charge is 2.22. The predicted octanol–water partition coefficient (Wildman–Crippen LogP) is 4.52. The fourth-order valence-corrected chi connectivity index (χ4v) is 4.39. The lowest BCUT2D eigenvalue weighted by atomic mass is 10.0. The van der Waals surface area contributed by atoms with Crippen molar-refractivity contribution in [2.24, 2.45) is 5.92 Å². The molecule has 0 bridgehead atoms. The molecule has 1 aromatic carbocycles. The Hall–Kier alpha value is -1.83. The van der Waals surface area contributed by atoms with Crippen molar-refractivity contribution in [2.45, 2.75) is 45.4 Å². The van der Waals surface area contributed by atoms with Gasteiger partial charge in [-0.1, -0.05) is 50.2 Å². The van der Waals surface area contributed by atoms with Crippen molar-refractivity contribution >= 4 is 35.0 Å². The zero-order valence-electron chi connectivity index (χ0n) is 17.9. The fraction of sp³-hybridized carbons (Fsp3) is 0.478. The largest absolute Gasteiger partial charge is 0.445 e. The molecule has 1 amide bonds. The second kappa shape index (κ2) is 13.5. The molecule has 2 unspecified atom stereocenters. The summed E-state index contributed by atoms with van der Waals surface area (Å²) in [6, 6.07) is 13.3. The highest BCUT2D eigenvalue weighted by atomic mass is 32.2. The lowest BCUT2D eigenvalue weighted by molar-refractivity contribution is -0.118. The maximum atomic E-state index is 12.6. The monoisotopic (exact) mass is 448 g/mol. The zero-order valence-corrected chi connectivity index (χ0v) is 19.6. The summed E-state index contributed by atoms with van der Waals surface area (Å²) in [6.45, 7) is 4.99. The van der Waals surface area contributed by atoms with E-state index in [-0.39, 0.29) is 24.5 Å². The predicted molar refractivity (Wildman–Crippen MR) is 126 cm³/mol. The van der Waals surface area contributed by atoms with Crippen LogP contribution in [0.3, 0.4) is 0 Å². The van der Waals surface area contributed by atoms with Gasteiger partial charge in [0.2, 0.25) is 0 Å². The van der Waals surface area contributed by atoms with Gasteiger partial charge in [0.25, 0.3) is 0 Å². The number of benzene rings is 1. The van der Waals surface area contributed by atoms with E-state index in [1.54, 1.807) is 11.3 Å². The molecular formula is C23H32N2O3S2. The molecule has 30 heavy (non-hydrogen) atoms. The summed E-state index contributed by atoms with van der Waals surface area (Å²) < 4.78 is 5.37. The number of carbonyl (C=O) groups excluding carboxylic acids is 2. The van der Waals surface area contributed by atoms with Gasteiger partial charge in [-0.15, -0.1) is 11.3 Å². The number of carbonyl (C=O) groups is 2. The third-order valence-corrected chi connectivity index (χ3v) is 6.03. The molecular weight excluding hydrogens is 416 g/mol. The number of alkyl carbamates (subject to hydrolysis) is 1. The molecule has 7 heteroatoms. The minimum atomic E-state index is -0.434. The Labute approximate surface area is 188 Å². The lowest BCUT2D eigenvalue weighted by Gasteiger charge is -2.24. The van der Waals surface area contributed by atoms with Crippen molar-refractivity contribution in [2.75, 3.05) is 18.6 Å². The van der Waals surface area contributed by atoms with Crippen LogP contribution in [0.25, 0.3) is 0 Å². The molecule has 1 aromatic heterocycles. The number of hydrogen-bond acceptors (Lipinski definition) is 6.